The van der Waals surface area contributed by atoms with Crippen LogP contribution in [0, 0.1) is 13.8 Å². The second-order valence-corrected chi connectivity index (χ2v) is 7.33. The lowest BCUT2D eigenvalue weighted by Gasteiger charge is -2.26. The van der Waals surface area contributed by atoms with Gasteiger partial charge in [0.2, 0.25) is 5.91 Å². The molecule has 1 atom stereocenters. The first-order valence-corrected chi connectivity index (χ1v) is 9.71. The van der Waals surface area contributed by atoms with Crippen LogP contribution >= 0.6 is 0 Å². The Labute approximate surface area is 165 Å². The largest absolute Gasteiger partial charge is 0.467 e. The van der Waals surface area contributed by atoms with Gasteiger partial charge in [0.25, 0.3) is 0 Å². The van der Waals surface area contributed by atoms with E-state index >= 15 is 0 Å². The van der Waals surface area contributed by atoms with Crippen LogP contribution in [0.25, 0.3) is 11.8 Å². The van der Waals surface area contributed by atoms with E-state index < -0.39 is 0 Å². The third kappa shape index (κ3) is 3.52. The van der Waals surface area contributed by atoms with Gasteiger partial charge in [-0.1, -0.05) is 18.2 Å². The van der Waals surface area contributed by atoms with E-state index in [0.29, 0.717) is 6.04 Å². The zero-order valence-electron chi connectivity index (χ0n) is 16.5. The van der Waals surface area contributed by atoms with E-state index in [0.717, 1.165) is 41.2 Å². The van der Waals surface area contributed by atoms with Crippen molar-refractivity contribution in [1.29, 1.82) is 0 Å². The van der Waals surface area contributed by atoms with Crippen LogP contribution in [0.2, 0.25) is 0 Å². The van der Waals surface area contributed by atoms with Gasteiger partial charge in [0.05, 0.1) is 23.7 Å². The van der Waals surface area contributed by atoms with Gasteiger partial charge in [-0.2, -0.15) is 5.10 Å². The SMILES string of the molecule is Cc1nn(-c2ccccc2)c(C)c1C=CC(=O)N(C1CC1)C(C)c1ccco1. The van der Waals surface area contributed by atoms with Crippen molar-refractivity contribution in [3.8, 4) is 5.69 Å². The number of hydrogen-bond donors (Lipinski definition) is 0. The lowest BCUT2D eigenvalue weighted by Crippen LogP contribution is -2.34. The Balaban J connectivity index is 1.58. The molecule has 1 fully saturated rings. The van der Waals surface area contributed by atoms with Crippen molar-refractivity contribution in [2.75, 3.05) is 0 Å². The molecule has 0 N–H and O–H groups in total. The average molecular weight is 375 g/mol. The predicted molar refractivity (Wildman–Crippen MR) is 109 cm³/mol. The normalized spacial score (nSPS) is 15.1. The number of nitrogens with zero attached hydrogens (tertiary/aromatic N) is 3. The number of para-hydroxylation sites is 1. The van der Waals surface area contributed by atoms with E-state index in [-0.39, 0.29) is 11.9 Å². The molecule has 3 aromatic rings. The van der Waals surface area contributed by atoms with Crippen LogP contribution in [-0.2, 0) is 4.79 Å². The van der Waals surface area contributed by atoms with Gasteiger partial charge in [0, 0.05) is 23.4 Å². The van der Waals surface area contributed by atoms with E-state index in [4.69, 9.17) is 4.42 Å². The zero-order chi connectivity index (χ0) is 19.7. The quantitative estimate of drug-likeness (QED) is 0.579. The Hall–Kier alpha value is -3.08. The van der Waals surface area contributed by atoms with Crippen molar-refractivity contribution in [2.24, 2.45) is 0 Å². The summed E-state index contributed by atoms with van der Waals surface area (Å²) in [6.45, 7) is 6.02. The van der Waals surface area contributed by atoms with Gasteiger partial charge in [-0.25, -0.2) is 4.68 Å². The Morgan fingerprint density at radius 1 is 1.21 bits per heavy atom. The highest BCUT2D eigenvalue weighted by Crippen LogP contribution is 2.35. The molecule has 28 heavy (non-hydrogen) atoms. The average Bonchev–Trinajstić information content (AvgIpc) is 3.28. The molecule has 0 bridgehead atoms. The van der Waals surface area contributed by atoms with Crippen LogP contribution in [0.15, 0.2) is 59.2 Å². The van der Waals surface area contributed by atoms with E-state index in [1.54, 1.807) is 12.3 Å². The standard InChI is InChI=1S/C23H25N3O2/c1-16-21(17(2)26(24-16)20-8-5-4-6-9-20)13-14-23(27)25(19-11-12-19)18(3)22-10-7-15-28-22/h4-10,13-15,18-19H,11-12H2,1-3H3. The van der Waals surface area contributed by atoms with Gasteiger partial charge in [-0.05, 0) is 64.0 Å². The Morgan fingerprint density at radius 2 is 1.96 bits per heavy atom. The molecule has 0 radical (unpaired) electrons. The van der Waals surface area contributed by atoms with Crippen molar-refractivity contribution in [3.63, 3.8) is 0 Å². The lowest BCUT2D eigenvalue weighted by atomic mass is 10.1. The minimum atomic E-state index is -0.0751. The van der Waals surface area contributed by atoms with Crippen LogP contribution in [0.3, 0.4) is 0 Å². The maximum absolute atomic E-state index is 13.0. The number of hydrogen-bond acceptors (Lipinski definition) is 3. The summed E-state index contributed by atoms with van der Waals surface area (Å²) in [4.78, 5) is 14.9. The number of amides is 1. The monoisotopic (exact) mass is 375 g/mol. The Morgan fingerprint density at radius 3 is 2.61 bits per heavy atom. The maximum atomic E-state index is 13.0. The highest BCUT2D eigenvalue weighted by atomic mass is 16.3. The number of benzene rings is 1. The van der Waals surface area contributed by atoms with Crippen LogP contribution < -0.4 is 0 Å². The molecule has 2 heterocycles. The third-order valence-electron chi connectivity index (χ3n) is 5.31. The fourth-order valence-corrected chi connectivity index (χ4v) is 3.66. The highest BCUT2D eigenvalue weighted by Gasteiger charge is 2.36. The number of carbonyl (C=O) groups excluding carboxylic acids is 1. The van der Waals surface area contributed by atoms with Crippen LogP contribution in [-0.4, -0.2) is 26.6 Å². The first-order valence-electron chi connectivity index (χ1n) is 9.71. The summed E-state index contributed by atoms with van der Waals surface area (Å²) in [6, 6.07) is 14.0. The van der Waals surface area contributed by atoms with E-state index in [1.807, 2.05) is 78.9 Å². The molecule has 0 aliphatic heterocycles. The number of aryl methyl sites for hydroxylation is 1. The van der Waals surface area contributed by atoms with Crippen molar-refractivity contribution >= 4 is 12.0 Å². The van der Waals surface area contributed by atoms with Gasteiger partial charge < -0.3 is 9.32 Å². The van der Waals surface area contributed by atoms with Gasteiger partial charge >= 0.3 is 0 Å². The second kappa shape index (κ2) is 7.50. The molecule has 1 unspecified atom stereocenters. The predicted octanol–water partition coefficient (Wildman–Crippen LogP) is 4.85. The molecule has 144 valence electrons. The van der Waals surface area contributed by atoms with E-state index in [2.05, 4.69) is 5.10 Å². The second-order valence-electron chi connectivity index (χ2n) is 7.33. The molecule has 0 saturated heterocycles. The molecule has 4 rings (SSSR count). The van der Waals surface area contributed by atoms with Gasteiger partial charge in [0.15, 0.2) is 0 Å². The maximum Gasteiger partial charge on any atom is 0.247 e. The van der Waals surface area contributed by atoms with E-state index in [9.17, 15) is 4.79 Å². The summed E-state index contributed by atoms with van der Waals surface area (Å²) in [5.41, 5.74) is 3.92. The zero-order valence-corrected chi connectivity index (χ0v) is 16.5. The molecular formula is C23H25N3O2. The van der Waals surface area contributed by atoms with Crippen LogP contribution in [0.4, 0.5) is 0 Å². The molecule has 1 saturated carbocycles. The smallest absolute Gasteiger partial charge is 0.247 e. The van der Waals surface area contributed by atoms with Crippen LogP contribution in [0.1, 0.15) is 48.5 Å². The topological polar surface area (TPSA) is 51.3 Å². The lowest BCUT2D eigenvalue weighted by molar-refractivity contribution is -0.129. The summed E-state index contributed by atoms with van der Waals surface area (Å²) >= 11 is 0. The molecule has 2 aromatic heterocycles. The third-order valence-corrected chi connectivity index (χ3v) is 5.31. The van der Waals surface area contributed by atoms with E-state index in [1.165, 1.54) is 0 Å². The molecular weight excluding hydrogens is 350 g/mol. The first kappa shape index (κ1) is 18.3. The highest BCUT2D eigenvalue weighted by molar-refractivity contribution is 5.92. The fraction of sp³-hybridized carbons (Fsp3) is 0.304. The molecule has 1 aliphatic carbocycles. The van der Waals surface area contributed by atoms with Crippen molar-refractivity contribution in [3.05, 3.63) is 77.5 Å². The van der Waals surface area contributed by atoms with Crippen LogP contribution in [0.5, 0.6) is 0 Å². The van der Waals surface area contributed by atoms with Gasteiger partial charge in [-0.15, -0.1) is 0 Å². The number of aromatic nitrogens is 2. The summed E-state index contributed by atoms with van der Waals surface area (Å²) in [6.07, 6.45) is 7.32. The molecule has 0 spiro atoms. The van der Waals surface area contributed by atoms with Crippen molar-refractivity contribution < 1.29 is 9.21 Å². The first-order chi connectivity index (χ1) is 13.6. The number of carbonyl (C=O) groups is 1. The minimum absolute atomic E-state index is 0.0117. The molecule has 1 aliphatic rings. The molecule has 1 aromatic carbocycles. The molecule has 5 nitrogen and oxygen atoms in total. The van der Waals surface area contributed by atoms with Crippen molar-refractivity contribution in [1.82, 2.24) is 14.7 Å². The number of furan rings is 1. The Kier molecular flexibility index (Phi) is 4.90. The molecule has 1 amide bonds. The summed E-state index contributed by atoms with van der Waals surface area (Å²) in [7, 11) is 0. The Bertz CT molecular complexity index is 983. The summed E-state index contributed by atoms with van der Waals surface area (Å²) < 4.78 is 7.45. The van der Waals surface area contributed by atoms with Gasteiger partial charge in [-0.3, -0.25) is 4.79 Å². The number of rotatable bonds is 6. The fourth-order valence-electron chi connectivity index (χ4n) is 3.66. The minimum Gasteiger partial charge on any atom is -0.467 e. The van der Waals surface area contributed by atoms with Crippen molar-refractivity contribution in [2.45, 2.75) is 45.7 Å². The van der Waals surface area contributed by atoms with Gasteiger partial charge in [0.1, 0.15) is 5.76 Å². The summed E-state index contributed by atoms with van der Waals surface area (Å²) in [5.74, 6) is 0.829. The molecule has 5 heteroatoms. The summed E-state index contributed by atoms with van der Waals surface area (Å²) in [5, 5.41) is 4.65.